The zero-order chi connectivity index (χ0) is 12.9. The highest BCUT2D eigenvalue weighted by molar-refractivity contribution is 6.37. The summed E-state index contributed by atoms with van der Waals surface area (Å²) in [5.41, 5.74) is 0.0815. The number of hydrogen-bond donors (Lipinski definition) is 0. The van der Waals surface area contributed by atoms with Crippen LogP contribution >= 0.6 is 0 Å². The molecule has 18 heavy (non-hydrogen) atoms. The zero-order valence-corrected chi connectivity index (χ0v) is 11.0. The highest BCUT2D eigenvalue weighted by atomic mass is 16.6. The third-order valence-electron chi connectivity index (χ3n) is 4.28. The van der Waals surface area contributed by atoms with E-state index in [4.69, 9.17) is 17.3 Å². The van der Waals surface area contributed by atoms with Gasteiger partial charge in [-0.2, -0.15) is 0 Å². The third-order valence-corrected chi connectivity index (χ3v) is 4.28. The number of epoxide rings is 2. The summed E-state index contributed by atoms with van der Waals surface area (Å²) in [7, 11) is 5.70. The van der Waals surface area contributed by atoms with Gasteiger partial charge in [0.25, 0.3) is 0 Å². The predicted molar refractivity (Wildman–Crippen MR) is 68.4 cm³/mol. The zero-order valence-electron chi connectivity index (χ0n) is 11.0. The summed E-state index contributed by atoms with van der Waals surface area (Å²) < 4.78 is 11.3. The number of allylic oxidation sites excluding steroid dienone is 1. The molecular formula is C14H19BO3. The van der Waals surface area contributed by atoms with Crippen LogP contribution in [0.4, 0.5) is 0 Å². The molecule has 1 aliphatic carbocycles. The van der Waals surface area contributed by atoms with Crippen LogP contribution in [0.25, 0.3) is 0 Å². The monoisotopic (exact) mass is 246 g/mol. The number of hydrogen-bond acceptors (Lipinski definition) is 3. The SMILES string of the molecule is [B]C1=CC2(CO2)C(C2OC2CCC(C)C)CC1=O. The summed E-state index contributed by atoms with van der Waals surface area (Å²) >= 11 is 0. The van der Waals surface area contributed by atoms with Gasteiger partial charge in [0.05, 0.1) is 18.8 Å². The van der Waals surface area contributed by atoms with Crippen molar-refractivity contribution in [2.75, 3.05) is 6.61 Å². The minimum atomic E-state index is -0.282. The second kappa shape index (κ2) is 4.21. The number of Topliss-reactive ketones (excluding diaryl/α,β-unsaturated/α-hetero) is 1. The lowest BCUT2D eigenvalue weighted by Gasteiger charge is -2.25. The van der Waals surface area contributed by atoms with Crippen LogP contribution < -0.4 is 0 Å². The van der Waals surface area contributed by atoms with Gasteiger partial charge < -0.3 is 9.47 Å². The highest BCUT2D eigenvalue weighted by Crippen LogP contribution is 2.50. The smallest absolute Gasteiger partial charge is 0.148 e. The third kappa shape index (κ3) is 2.16. The van der Waals surface area contributed by atoms with Crippen LogP contribution in [0.5, 0.6) is 0 Å². The van der Waals surface area contributed by atoms with Crippen molar-refractivity contribution in [1.82, 2.24) is 0 Å². The first kappa shape index (κ1) is 12.4. The first-order chi connectivity index (χ1) is 8.52. The number of carbonyl (C=O) groups is 1. The number of carbonyl (C=O) groups excluding carboxylic acids is 1. The lowest BCUT2D eigenvalue weighted by molar-refractivity contribution is -0.117. The minimum Gasteiger partial charge on any atom is -0.369 e. The maximum atomic E-state index is 11.7. The Kier molecular flexibility index (Phi) is 2.90. The van der Waals surface area contributed by atoms with Crippen LogP contribution in [0.3, 0.4) is 0 Å². The van der Waals surface area contributed by atoms with Crippen molar-refractivity contribution in [3.63, 3.8) is 0 Å². The average Bonchev–Trinajstić information content (AvgIpc) is 3.18. The molecule has 4 atom stereocenters. The van der Waals surface area contributed by atoms with Crippen LogP contribution in [-0.2, 0) is 14.3 Å². The molecule has 1 spiro atoms. The van der Waals surface area contributed by atoms with Gasteiger partial charge in [0.15, 0.2) is 0 Å². The first-order valence-electron chi connectivity index (χ1n) is 6.83. The quantitative estimate of drug-likeness (QED) is 0.559. The van der Waals surface area contributed by atoms with Crippen molar-refractivity contribution in [3.8, 4) is 0 Å². The van der Waals surface area contributed by atoms with E-state index in [1.165, 1.54) is 6.42 Å². The Labute approximate surface area is 109 Å². The van der Waals surface area contributed by atoms with Crippen molar-refractivity contribution in [2.45, 2.75) is 50.9 Å². The lowest BCUT2D eigenvalue weighted by atomic mass is 9.72. The van der Waals surface area contributed by atoms with Crippen molar-refractivity contribution in [3.05, 3.63) is 11.5 Å². The van der Waals surface area contributed by atoms with E-state index in [1.807, 2.05) is 6.08 Å². The molecule has 2 aliphatic heterocycles. The molecule has 0 bridgehead atoms. The molecule has 2 radical (unpaired) electrons. The summed E-state index contributed by atoms with van der Waals surface area (Å²) in [4.78, 5) is 11.7. The summed E-state index contributed by atoms with van der Waals surface area (Å²) in [6.07, 6.45) is 5.06. The summed E-state index contributed by atoms with van der Waals surface area (Å²) in [6, 6.07) is 0. The molecule has 2 heterocycles. The maximum absolute atomic E-state index is 11.7. The predicted octanol–water partition coefficient (Wildman–Crippen LogP) is 1.60. The fourth-order valence-electron chi connectivity index (χ4n) is 2.96. The van der Waals surface area contributed by atoms with Crippen LogP contribution in [0.15, 0.2) is 11.5 Å². The Hall–Kier alpha value is -0.605. The number of ketones is 1. The number of rotatable bonds is 4. The first-order valence-corrected chi connectivity index (χ1v) is 6.83. The van der Waals surface area contributed by atoms with Crippen LogP contribution in [0.2, 0.25) is 0 Å². The molecule has 0 aromatic heterocycles. The van der Waals surface area contributed by atoms with Gasteiger partial charge in [0.2, 0.25) is 0 Å². The summed E-state index contributed by atoms with van der Waals surface area (Å²) in [6.45, 7) is 5.12. The van der Waals surface area contributed by atoms with Gasteiger partial charge in [-0.15, -0.1) is 0 Å². The van der Waals surface area contributed by atoms with E-state index in [-0.39, 0.29) is 23.4 Å². The van der Waals surface area contributed by atoms with E-state index in [2.05, 4.69) is 13.8 Å². The van der Waals surface area contributed by atoms with E-state index >= 15 is 0 Å². The van der Waals surface area contributed by atoms with Gasteiger partial charge in [-0.1, -0.05) is 25.4 Å². The molecule has 2 fully saturated rings. The van der Waals surface area contributed by atoms with Crippen molar-refractivity contribution < 1.29 is 14.3 Å². The molecule has 3 rings (SSSR count). The molecule has 2 saturated heterocycles. The Morgan fingerprint density at radius 1 is 1.56 bits per heavy atom. The van der Waals surface area contributed by atoms with Gasteiger partial charge in [-0.25, -0.2) is 0 Å². The Bertz CT molecular complexity index is 398. The van der Waals surface area contributed by atoms with Gasteiger partial charge >= 0.3 is 0 Å². The molecule has 3 nitrogen and oxygen atoms in total. The van der Waals surface area contributed by atoms with Gasteiger partial charge in [0, 0.05) is 12.3 Å². The fraction of sp³-hybridized carbons (Fsp3) is 0.786. The Morgan fingerprint density at radius 3 is 2.89 bits per heavy atom. The molecular weight excluding hydrogens is 227 g/mol. The lowest BCUT2D eigenvalue weighted by Crippen LogP contribution is -2.35. The fourth-order valence-corrected chi connectivity index (χ4v) is 2.96. The molecule has 0 N–H and O–H groups in total. The van der Waals surface area contributed by atoms with Crippen molar-refractivity contribution >= 4 is 13.6 Å². The number of ether oxygens (including phenoxy) is 2. The molecule has 4 unspecified atom stereocenters. The van der Waals surface area contributed by atoms with E-state index in [0.29, 0.717) is 30.5 Å². The molecule has 0 amide bonds. The largest absolute Gasteiger partial charge is 0.369 e. The molecule has 3 aliphatic rings. The van der Waals surface area contributed by atoms with Crippen LogP contribution in [0, 0.1) is 11.8 Å². The van der Waals surface area contributed by atoms with E-state index < -0.39 is 0 Å². The maximum Gasteiger partial charge on any atom is 0.148 e. The normalized spacial score (nSPS) is 42.3. The standard InChI is InChI=1S/C14H19BO3/c1-8(2)3-4-12-13(18-12)9-5-11(16)10(15)6-14(9)7-17-14/h6,8-9,12-13H,3-5,7H2,1-2H3. The van der Waals surface area contributed by atoms with Crippen molar-refractivity contribution in [1.29, 1.82) is 0 Å². The Morgan fingerprint density at radius 2 is 2.28 bits per heavy atom. The van der Waals surface area contributed by atoms with Crippen LogP contribution in [0.1, 0.15) is 33.1 Å². The highest BCUT2D eigenvalue weighted by Gasteiger charge is 2.61. The molecule has 0 aromatic carbocycles. The van der Waals surface area contributed by atoms with Crippen molar-refractivity contribution in [2.24, 2.45) is 11.8 Å². The molecule has 96 valence electrons. The van der Waals surface area contributed by atoms with E-state index in [9.17, 15) is 4.79 Å². The topological polar surface area (TPSA) is 42.1 Å². The van der Waals surface area contributed by atoms with Gasteiger partial charge in [-0.3, -0.25) is 4.79 Å². The van der Waals surface area contributed by atoms with Gasteiger partial charge in [0.1, 0.15) is 19.2 Å². The van der Waals surface area contributed by atoms with E-state index in [1.54, 1.807) is 0 Å². The Balaban J connectivity index is 1.63. The average molecular weight is 246 g/mol. The molecule has 0 saturated carbocycles. The second-order valence-electron chi connectivity index (χ2n) is 6.19. The van der Waals surface area contributed by atoms with Gasteiger partial charge in [-0.05, 0) is 18.8 Å². The van der Waals surface area contributed by atoms with E-state index in [0.717, 1.165) is 6.42 Å². The van der Waals surface area contributed by atoms with Crippen LogP contribution in [-0.4, -0.2) is 38.0 Å². The molecule has 4 heteroatoms. The summed E-state index contributed by atoms with van der Waals surface area (Å²) in [5.74, 6) is 0.915. The minimum absolute atomic E-state index is 0.0410. The second-order valence-corrected chi connectivity index (χ2v) is 6.19. The summed E-state index contributed by atoms with van der Waals surface area (Å²) in [5, 5.41) is 0. The molecule has 0 aromatic rings.